The fraction of sp³-hybridized carbons (Fsp3) is 0.417. The molecular formula is C24H29N5O4. The maximum atomic E-state index is 12.6. The molecule has 1 N–H and O–H groups in total. The van der Waals surface area contributed by atoms with E-state index in [0.29, 0.717) is 44.8 Å². The van der Waals surface area contributed by atoms with E-state index in [1.165, 1.54) is 17.4 Å². The number of hydrogen-bond acceptors (Lipinski definition) is 6. The van der Waals surface area contributed by atoms with Crippen molar-refractivity contribution in [1.82, 2.24) is 15.2 Å². The maximum absolute atomic E-state index is 12.6. The van der Waals surface area contributed by atoms with Crippen LogP contribution in [0.4, 0.5) is 16.3 Å². The largest absolute Gasteiger partial charge is 0.442 e. The highest BCUT2D eigenvalue weighted by atomic mass is 16.6. The Balaban J connectivity index is 1.26. The van der Waals surface area contributed by atoms with Gasteiger partial charge in [-0.2, -0.15) is 0 Å². The molecule has 2 aromatic rings. The van der Waals surface area contributed by atoms with Gasteiger partial charge in [-0.05, 0) is 24.1 Å². The predicted octanol–water partition coefficient (Wildman–Crippen LogP) is 1.82. The third-order valence-electron chi connectivity index (χ3n) is 5.92. The summed E-state index contributed by atoms with van der Waals surface area (Å²) in [5.41, 5.74) is 1.83. The van der Waals surface area contributed by atoms with Gasteiger partial charge in [0.2, 0.25) is 11.8 Å². The molecule has 3 heterocycles. The number of nitrogens with zero attached hydrogens (tertiary/aromatic N) is 4. The van der Waals surface area contributed by atoms with Crippen LogP contribution in [0, 0.1) is 0 Å². The van der Waals surface area contributed by atoms with E-state index in [-0.39, 0.29) is 24.5 Å². The zero-order chi connectivity index (χ0) is 23.2. The molecule has 9 heteroatoms. The van der Waals surface area contributed by atoms with E-state index in [9.17, 15) is 14.4 Å². The Morgan fingerprint density at radius 1 is 1.09 bits per heavy atom. The topological polar surface area (TPSA) is 95.1 Å². The van der Waals surface area contributed by atoms with Gasteiger partial charge in [0, 0.05) is 39.5 Å². The van der Waals surface area contributed by atoms with Gasteiger partial charge in [0.15, 0.2) is 0 Å². The van der Waals surface area contributed by atoms with E-state index < -0.39 is 6.09 Å². The van der Waals surface area contributed by atoms with E-state index in [1.807, 2.05) is 47.4 Å². The molecule has 2 saturated heterocycles. The van der Waals surface area contributed by atoms with Gasteiger partial charge in [-0.1, -0.05) is 30.3 Å². The standard InChI is InChI=1S/C24H29N5O4/c1-18(30)25-16-21-17-29(24(32)33-21)20-8-9-22(26-15-20)27-11-13-28(14-12-27)23(31)10-7-19-5-3-2-4-6-19/h2-6,8-9,15,21H,7,10-14,16-17H2,1H3,(H,25,30)/t21-/m0/s1. The summed E-state index contributed by atoms with van der Waals surface area (Å²) in [6.07, 6.45) is 2.12. The van der Waals surface area contributed by atoms with Gasteiger partial charge in [-0.25, -0.2) is 9.78 Å². The molecule has 1 aromatic carbocycles. The van der Waals surface area contributed by atoms with Gasteiger partial charge in [0.1, 0.15) is 11.9 Å². The first kappa shape index (κ1) is 22.6. The molecular weight excluding hydrogens is 422 g/mol. The third kappa shape index (κ3) is 5.79. The summed E-state index contributed by atoms with van der Waals surface area (Å²) in [4.78, 5) is 45.9. The first-order valence-electron chi connectivity index (χ1n) is 11.2. The molecule has 4 rings (SSSR count). The Morgan fingerprint density at radius 3 is 2.52 bits per heavy atom. The van der Waals surface area contributed by atoms with Crippen LogP contribution in [0.3, 0.4) is 0 Å². The summed E-state index contributed by atoms with van der Waals surface area (Å²) < 4.78 is 5.30. The number of amides is 3. The Morgan fingerprint density at radius 2 is 1.85 bits per heavy atom. The van der Waals surface area contributed by atoms with E-state index in [0.717, 1.165) is 12.2 Å². The second-order valence-electron chi connectivity index (χ2n) is 8.28. The molecule has 1 atom stereocenters. The van der Waals surface area contributed by atoms with E-state index in [2.05, 4.69) is 15.2 Å². The minimum absolute atomic E-state index is 0.159. The van der Waals surface area contributed by atoms with E-state index >= 15 is 0 Å². The number of hydrogen-bond donors (Lipinski definition) is 1. The minimum Gasteiger partial charge on any atom is -0.442 e. The van der Waals surface area contributed by atoms with E-state index in [1.54, 1.807) is 6.20 Å². The molecule has 0 aliphatic carbocycles. The molecule has 3 amide bonds. The van der Waals surface area contributed by atoms with Crippen molar-refractivity contribution < 1.29 is 19.1 Å². The lowest BCUT2D eigenvalue weighted by Gasteiger charge is -2.35. The Labute approximate surface area is 193 Å². The van der Waals surface area contributed by atoms with Crippen LogP contribution in [0.5, 0.6) is 0 Å². The highest BCUT2D eigenvalue weighted by Gasteiger charge is 2.32. The maximum Gasteiger partial charge on any atom is 0.414 e. The second-order valence-corrected chi connectivity index (χ2v) is 8.28. The van der Waals surface area contributed by atoms with Gasteiger partial charge >= 0.3 is 6.09 Å². The van der Waals surface area contributed by atoms with Crippen molar-refractivity contribution in [2.75, 3.05) is 49.1 Å². The quantitative estimate of drug-likeness (QED) is 0.690. The molecule has 0 spiro atoms. The second kappa shape index (κ2) is 10.3. The molecule has 0 unspecified atom stereocenters. The highest BCUT2D eigenvalue weighted by Crippen LogP contribution is 2.23. The van der Waals surface area contributed by atoms with Crippen molar-refractivity contribution >= 4 is 29.4 Å². The fourth-order valence-corrected chi connectivity index (χ4v) is 4.06. The Bertz CT molecular complexity index is 974. The number of piperazine rings is 1. The van der Waals surface area contributed by atoms with Gasteiger partial charge < -0.3 is 19.9 Å². The summed E-state index contributed by atoms with van der Waals surface area (Å²) in [6.45, 7) is 4.85. The lowest BCUT2D eigenvalue weighted by molar-refractivity contribution is -0.131. The molecule has 1 aromatic heterocycles. The summed E-state index contributed by atoms with van der Waals surface area (Å²) in [5.74, 6) is 0.842. The highest BCUT2D eigenvalue weighted by molar-refractivity contribution is 5.89. The number of nitrogens with one attached hydrogen (secondary N) is 1. The summed E-state index contributed by atoms with van der Waals surface area (Å²) in [5, 5.41) is 2.67. The van der Waals surface area contributed by atoms with Crippen LogP contribution in [0.25, 0.3) is 0 Å². The van der Waals surface area contributed by atoms with Crippen LogP contribution in [-0.2, 0) is 20.7 Å². The molecule has 2 aliphatic rings. The van der Waals surface area contributed by atoms with Gasteiger partial charge in [0.05, 0.1) is 25.0 Å². The van der Waals surface area contributed by atoms with Crippen LogP contribution < -0.4 is 15.1 Å². The first-order valence-corrected chi connectivity index (χ1v) is 11.2. The first-order chi connectivity index (χ1) is 16.0. The molecule has 2 aliphatic heterocycles. The SMILES string of the molecule is CC(=O)NC[C@H]1CN(c2ccc(N3CCN(C(=O)CCc4ccccc4)CC3)nc2)C(=O)O1. The number of anilines is 2. The number of aryl methyl sites for hydroxylation is 1. The number of carbonyl (C=O) groups is 3. The zero-order valence-electron chi connectivity index (χ0n) is 18.8. The average molecular weight is 452 g/mol. The smallest absolute Gasteiger partial charge is 0.414 e. The van der Waals surface area contributed by atoms with Crippen LogP contribution >= 0.6 is 0 Å². The van der Waals surface area contributed by atoms with Crippen LogP contribution in [0.15, 0.2) is 48.7 Å². The summed E-state index contributed by atoms with van der Waals surface area (Å²) in [7, 11) is 0. The van der Waals surface area contributed by atoms with Crippen molar-refractivity contribution in [3.05, 3.63) is 54.2 Å². The van der Waals surface area contributed by atoms with Crippen molar-refractivity contribution in [3.8, 4) is 0 Å². The van der Waals surface area contributed by atoms with Gasteiger partial charge in [-0.15, -0.1) is 0 Å². The third-order valence-corrected chi connectivity index (χ3v) is 5.92. The molecule has 174 valence electrons. The van der Waals surface area contributed by atoms with Crippen molar-refractivity contribution in [2.45, 2.75) is 25.9 Å². The molecule has 0 bridgehead atoms. The molecule has 0 radical (unpaired) electrons. The predicted molar refractivity (Wildman–Crippen MR) is 124 cm³/mol. The molecule has 33 heavy (non-hydrogen) atoms. The van der Waals surface area contributed by atoms with Crippen LogP contribution in [-0.4, -0.2) is 73.2 Å². The fourth-order valence-electron chi connectivity index (χ4n) is 4.06. The monoisotopic (exact) mass is 451 g/mol. The Kier molecular flexibility index (Phi) is 7.07. The normalized spacial score (nSPS) is 18.3. The molecule has 9 nitrogen and oxygen atoms in total. The van der Waals surface area contributed by atoms with Crippen molar-refractivity contribution in [2.24, 2.45) is 0 Å². The van der Waals surface area contributed by atoms with E-state index in [4.69, 9.17) is 4.74 Å². The number of aromatic nitrogens is 1. The van der Waals surface area contributed by atoms with Crippen molar-refractivity contribution in [1.29, 1.82) is 0 Å². The van der Waals surface area contributed by atoms with Gasteiger partial charge in [-0.3, -0.25) is 14.5 Å². The number of cyclic esters (lactones) is 1. The average Bonchev–Trinajstić information content (AvgIpc) is 3.22. The van der Waals surface area contributed by atoms with Crippen LogP contribution in [0.1, 0.15) is 18.9 Å². The van der Waals surface area contributed by atoms with Crippen LogP contribution in [0.2, 0.25) is 0 Å². The number of benzene rings is 1. The number of rotatable bonds is 7. The summed E-state index contributed by atoms with van der Waals surface area (Å²) in [6, 6.07) is 13.8. The lowest BCUT2D eigenvalue weighted by atomic mass is 10.1. The number of pyridine rings is 1. The molecule has 0 saturated carbocycles. The zero-order valence-corrected chi connectivity index (χ0v) is 18.8. The van der Waals surface area contributed by atoms with Gasteiger partial charge in [0.25, 0.3) is 0 Å². The number of ether oxygens (including phenoxy) is 1. The minimum atomic E-state index is -0.442. The Hall–Kier alpha value is -3.62. The molecule has 2 fully saturated rings. The van der Waals surface area contributed by atoms with Crippen molar-refractivity contribution in [3.63, 3.8) is 0 Å². The summed E-state index contributed by atoms with van der Waals surface area (Å²) >= 11 is 0. The number of carbonyl (C=O) groups excluding carboxylic acids is 3. The lowest BCUT2D eigenvalue weighted by Crippen LogP contribution is -2.49.